The second-order valence-electron chi connectivity index (χ2n) is 8.94. The molecule has 1 aromatic carbocycles. The van der Waals surface area contributed by atoms with E-state index < -0.39 is 0 Å². The van der Waals surface area contributed by atoms with Crippen LogP contribution in [-0.4, -0.2) is 40.9 Å². The van der Waals surface area contributed by atoms with Crippen LogP contribution < -0.4 is 21.3 Å². The number of hydrogen-bond acceptors (Lipinski definition) is 8. The van der Waals surface area contributed by atoms with Gasteiger partial charge in [0, 0.05) is 47.8 Å². The van der Waals surface area contributed by atoms with Gasteiger partial charge in [-0.2, -0.15) is 0 Å². The molecule has 0 aliphatic carbocycles. The summed E-state index contributed by atoms with van der Waals surface area (Å²) in [6.07, 6.45) is 4.58. The highest BCUT2D eigenvalue weighted by Crippen LogP contribution is 2.44. The lowest BCUT2D eigenvalue weighted by molar-refractivity contribution is -0.116. The van der Waals surface area contributed by atoms with Crippen LogP contribution in [0.25, 0.3) is 20.8 Å². The lowest BCUT2D eigenvalue weighted by atomic mass is 10.0. The highest BCUT2D eigenvalue weighted by atomic mass is 32.1. The molecule has 186 valence electrons. The summed E-state index contributed by atoms with van der Waals surface area (Å²) in [6.45, 7) is 6.46. The number of aromatic nitrogens is 2. The predicted octanol–water partition coefficient (Wildman–Crippen LogP) is 4.64. The Labute approximate surface area is 217 Å². The van der Waals surface area contributed by atoms with Gasteiger partial charge in [0.25, 0.3) is 5.91 Å². The van der Waals surface area contributed by atoms with Crippen molar-refractivity contribution < 1.29 is 9.59 Å². The molecule has 0 saturated heterocycles. The topological polar surface area (TPSA) is 108 Å². The Bertz CT molecular complexity index is 1400. The van der Waals surface area contributed by atoms with Crippen LogP contribution in [-0.2, 0) is 17.8 Å². The molecule has 0 unspecified atom stereocenters. The van der Waals surface area contributed by atoms with Crippen LogP contribution in [0.1, 0.15) is 41.1 Å². The van der Waals surface area contributed by atoms with Crippen LogP contribution in [0.15, 0.2) is 42.7 Å². The van der Waals surface area contributed by atoms with Crippen molar-refractivity contribution in [3.05, 3.63) is 58.7 Å². The number of nitrogens with zero attached hydrogens (tertiary/aromatic N) is 2. The summed E-state index contributed by atoms with van der Waals surface area (Å²) in [7, 11) is 0. The summed E-state index contributed by atoms with van der Waals surface area (Å²) in [5.41, 5.74) is 4.21. The molecular weight excluding hydrogens is 492 g/mol. The van der Waals surface area contributed by atoms with Gasteiger partial charge in [0.15, 0.2) is 0 Å². The van der Waals surface area contributed by atoms with Crippen molar-refractivity contribution in [1.82, 2.24) is 20.6 Å². The molecule has 10 heteroatoms. The lowest BCUT2D eigenvalue weighted by Gasteiger charge is -2.13. The number of anilines is 2. The van der Waals surface area contributed by atoms with E-state index in [-0.39, 0.29) is 11.8 Å². The van der Waals surface area contributed by atoms with E-state index in [1.165, 1.54) is 10.4 Å². The van der Waals surface area contributed by atoms with E-state index in [9.17, 15) is 9.59 Å². The summed E-state index contributed by atoms with van der Waals surface area (Å²) < 4.78 is 0.996. The fourth-order valence-corrected chi connectivity index (χ4v) is 6.45. The first kappa shape index (κ1) is 24.5. The predicted molar refractivity (Wildman–Crippen MR) is 147 cm³/mol. The fraction of sp³-hybridized carbons (Fsp3) is 0.308. The van der Waals surface area contributed by atoms with E-state index in [4.69, 9.17) is 4.98 Å². The number of fused-ring (bicyclic) bond motifs is 2. The maximum atomic E-state index is 12.8. The number of pyridine rings is 1. The van der Waals surface area contributed by atoms with Crippen molar-refractivity contribution in [3.63, 3.8) is 0 Å². The number of thiophene rings is 1. The Morgan fingerprint density at radius 2 is 2.06 bits per heavy atom. The zero-order valence-corrected chi connectivity index (χ0v) is 21.8. The van der Waals surface area contributed by atoms with Crippen LogP contribution in [0.5, 0.6) is 0 Å². The molecule has 0 spiro atoms. The molecule has 4 N–H and O–H groups in total. The summed E-state index contributed by atoms with van der Waals surface area (Å²) >= 11 is 3.21. The molecule has 4 heterocycles. The van der Waals surface area contributed by atoms with Gasteiger partial charge in [-0.15, -0.1) is 22.7 Å². The molecule has 5 rings (SSSR count). The van der Waals surface area contributed by atoms with E-state index in [1.807, 2.05) is 18.2 Å². The SMILES string of the molecule is CC(C)NCCC(=O)Nc1sc2c(c1-c1nc3cc(C(=O)Nc4cccnc4)ccc3s1)CCNC2. The highest BCUT2D eigenvalue weighted by Gasteiger charge is 2.25. The summed E-state index contributed by atoms with van der Waals surface area (Å²) in [5.74, 6) is -0.215. The molecule has 0 bridgehead atoms. The first-order chi connectivity index (χ1) is 17.5. The first-order valence-corrected chi connectivity index (χ1v) is 13.6. The van der Waals surface area contributed by atoms with Gasteiger partial charge in [-0.3, -0.25) is 14.6 Å². The Hall–Kier alpha value is -3.18. The monoisotopic (exact) mass is 520 g/mol. The number of carbonyl (C=O) groups is 2. The van der Waals surface area contributed by atoms with Crippen molar-refractivity contribution in [2.45, 2.75) is 39.3 Å². The third-order valence-corrected chi connectivity index (χ3v) is 8.07. The summed E-state index contributed by atoms with van der Waals surface area (Å²) in [4.78, 5) is 35.7. The van der Waals surface area contributed by atoms with Crippen LogP contribution in [0, 0.1) is 0 Å². The maximum Gasteiger partial charge on any atom is 0.255 e. The van der Waals surface area contributed by atoms with E-state index in [0.29, 0.717) is 30.3 Å². The number of benzene rings is 1. The van der Waals surface area contributed by atoms with Crippen molar-refractivity contribution >= 4 is 55.4 Å². The zero-order valence-electron chi connectivity index (χ0n) is 20.2. The number of rotatable bonds is 8. The Balaban J connectivity index is 1.43. The van der Waals surface area contributed by atoms with Crippen molar-refractivity contribution in [2.24, 2.45) is 0 Å². The third kappa shape index (κ3) is 5.46. The standard InChI is InChI=1S/C26H28N6O2S2/c1-15(2)29-11-8-22(33)32-26-23(18-7-10-28-14-21(18)36-26)25-31-19-12-16(5-6-20(19)35-25)24(34)30-17-4-3-9-27-13-17/h3-6,9,12-13,15,28-29H,7-8,10-11,14H2,1-2H3,(H,30,34)(H,32,33). The van der Waals surface area contributed by atoms with Gasteiger partial charge >= 0.3 is 0 Å². The molecule has 0 radical (unpaired) electrons. The number of amides is 2. The summed E-state index contributed by atoms with van der Waals surface area (Å²) in [6, 6.07) is 9.48. The lowest BCUT2D eigenvalue weighted by Crippen LogP contribution is -2.27. The van der Waals surface area contributed by atoms with Gasteiger partial charge in [0.1, 0.15) is 10.0 Å². The molecule has 0 fully saturated rings. The zero-order chi connectivity index (χ0) is 25.1. The quantitative estimate of drug-likeness (QED) is 0.270. The Morgan fingerprint density at radius 3 is 2.86 bits per heavy atom. The molecule has 4 aromatic rings. The normalized spacial score (nSPS) is 13.1. The number of nitrogens with one attached hydrogen (secondary N) is 4. The second kappa shape index (κ2) is 10.8. The largest absolute Gasteiger partial charge is 0.321 e. The van der Waals surface area contributed by atoms with E-state index >= 15 is 0 Å². The molecule has 8 nitrogen and oxygen atoms in total. The average Bonchev–Trinajstić information content (AvgIpc) is 3.44. The van der Waals surface area contributed by atoms with Crippen molar-refractivity contribution in [2.75, 3.05) is 23.7 Å². The molecule has 0 atom stereocenters. The van der Waals surface area contributed by atoms with Crippen molar-refractivity contribution in [1.29, 1.82) is 0 Å². The minimum absolute atomic E-state index is 0.00794. The van der Waals surface area contributed by atoms with Crippen LogP contribution in [0.4, 0.5) is 10.7 Å². The Morgan fingerprint density at radius 1 is 1.17 bits per heavy atom. The molecule has 36 heavy (non-hydrogen) atoms. The van der Waals surface area contributed by atoms with Gasteiger partial charge in [-0.05, 0) is 48.9 Å². The number of carbonyl (C=O) groups excluding carboxylic acids is 2. The Kier molecular flexibility index (Phi) is 7.38. The minimum Gasteiger partial charge on any atom is -0.321 e. The van der Waals surface area contributed by atoms with Gasteiger partial charge in [-0.1, -0.05) is 13.8 Å². The van der Waals surface area contributed by atoms with Crippen LogP contribution in [0.3, 0.4) is 0 Å². The summed E-state index contributed by atoms with van der Waals surface area (Å²) in [5, 5.41) is 14.4. The average molecular weight is 521 g/mol. The van der Waals surface area contributed by atoms with Crippen LogP contribution in [0.2, 0.25) is 0 Å². The molecule has 3 aromatic heterocycles. The molecule has 1 aliphatic heterocycles. The number of thiazole rings is 1. The molecular formula is C26H28N6O2S2. The van der Waals surface area contributed by atoms with Gasteiger partial charge in [0.2, 0.25) is 5.91 Å². The van der Waals surface area contributed by atoms with Gasteiger partial charge in [-0.25, -0.2) is 4.98 Å². The highest BCUT2D eigenvalue weighted by molar-refractivity contribution is 7.23. The van der Waals surface area contributed by atoms with E-state index in [0.717, 1.165) is 45.3 Å². The van der Waals surface area contributed by atoms with Gasteiger partial charge in [0.05, 0.1) is 22.1 Å². The van der Waals surface area contributed by atoms with E-state index in [1.54, 1.807) is 47.2 Å². The molecule has 1 aliphatic rings. The smallest absolute Gasteiger partial charge is 0.255 e. The third-order valence-electron chi connectivity index (χ3n) is 5.87. The first-order valence-electron chi connectivity index (χ1n) is 12.0. The van der Waals surface area contributed by atoms with Crippen LogP contribution >= 0.6 is 22.7 Å². The van der Waals surface area contributed by atoms with Crippen molar-refractivity contribution in [3.8, 4) is 10.6 Å². The maximum absolute atomic E-state index is 12.8. The molecule has 0 saturated carbocycles. The van der Waals surface area contributed by atoms with E-state index in [2.05, 4.69) is 40.1 Å². The van der Waals surface area contributed by atoms with Gasteiger partial charge < -0.3 is 21.3 Å². The fourth-order valence-electron chi connectivity index (χ4n) is 4.13. The molecule has 2 amide bonds. The number of hydrogen-bond donors (Lipinski definition) is 4. The second-order valence-corrected chi connectivity index (χ2v) is 11.1. The minimum atomic E-state index is -0.207.